The molecule has 0 bridgehead atoms. The highest BCUT2D eigenvalue weighted by Gasteiger charge is 2.08. The molecular weight excluding hydrogens is 240 g/mol. The molecule has 0 aliphatic rings. The van der Waals surface area contributed by atoms with E-state index < -0.39 is 6.10 Å². The second kappa shape index (κ2) is 7.14. The van der Waals surface area contributed by atoms with Crippen molar-refractivity contribution in [3.05, 3.63) is 29.8 Å². The fourth-order valence-electron chi connectivity index (χ4n) is 1.69. The van der Waals surface area contributed by atoms with E-state index in [4.69, 9.17) is 0 Å². The lowest BCUT2D eigenvalue weighted by atomic mass is 10.1. The van der Waals surface area contributed by atoms with E-state index in [1.165, 1.54) is 0 Å². The summed E-state index contributed by atoms with van der Waals surface area (Å²) in [6, 6.07) is 7.58. The first-order chi connectivity index (χ1) is 8.90. The molecule has 0 fully saturated rings. The quantitative estimate of drug-likeness (QED) is 0.825. The fraction of sp³-hybridized carbons (Fsp3) is 0.533. The molecule has 0 unspecified atom stereocenters. The summed E-state index contributed by atoms with van der Waals surface area (Å²) in [4.78, 5) is 13.6. The van der Waals surface area contributed by atoms with Crippen molar-refractivity contribution < 1.29 is 9.90 Å². The van der Waals surface area contributed by atoms with Crippen molar-refractivity contribution in [1.29, 1.82) is 0 Å². The Morgan fingerprint density at radius 3 is 2.32 bits per heavy atom. The third-order valence-electron chi connectivity index (χ3n) is 2.90. The molecule has 19 heavy (non-hydrogen) atoms. The predicted molar refractivity (Wildman–Crippen MR) is 78.2 cm³/mol. The zero-order chi connectivity index (χ0) is 14.4. The van der Waals surface area contributed by atoms with Gasteiger partial charge in [-0.1, -0.05) is 26.0 Å². The molecule has 0 aromatic heterocycles. The third-order valence-corrected chi connectivity index (χ3v) is 2.90. The highest BCUT2D eigenvalue weighted by Crippen LogP contribution is 2.17. The molecule has 4 heteroatoms. The van der Waals surface area contributed by atoms with Crippen molar-refractivity contribution in [1.82, 2.24) is 5.32 Å². The van der Waals surface area contributed by atoms with E-state index in [1.54, 1.807) is 6.92 Å². The number of aliphatic hydroxyl groups is 1. The van der Waals surface area contributed by atoms with E-state index in [2.05, 4.69) is 19.2 Å². The van der Waals surface area contributed by atoms with E-state index >= 15 is 0 Å². The number of carbonyl (C=O) groups is 1. The van der Waals surface area contributed by atoms with Crippen LogP contribution in [0.25, 0.3) is 0 Å². The monoisotopic (exact) mass is 264 g/mol. The number of aliphatic hydroxyl groups excluding tert-OH is 1. The van der Waals surface area contributed by atoms with E-state index in [-0.39, 0.29) is 5.91 Å². The average molecular weight is 264 g/mol. The molecule has 0 radical (unpaired) electrons. The number of hydrogen-bond donors (Lipinski definition) is 2. The van der Waals surface area contributed by atoms with E-state index in [0.29, 0.717) is 19.0 Å². The molecule has 0 aliphatic heterocycles. The summed E-state index contributed by atoms with van der Waals surface area (Å²) >= 11 is 0. The van der Waals surface area contributed by atoms with E-state index in [1.807, 2.05) is 36.2 Å². The molecule has 1 amide bonds. The maximum Gasteiger partial charge on any atom is 0.239 e. The number of benzene rings is 1. The van der Waals surface area contributed by atoms with Crippen molar-refractivity contribution in [3.63, 3.8) is 0 Å². The lowest BCUT2D eigenvalue weighted by Crippen LogP contribution is -2.36. The Morgan fingerprint density at radius 2 is 1.84 bits per heavy atom. The average Bonchev–Trinajstić information content (AvgIpc) is 2.36. The molecule has 0 spiro atoms. The number of carbonyl (C=O) groups excluding carboxylic acids is 1. The smallest absolute Gasteiger partial charge is 0.239 e. The van der Waals surface area contributed by atoms with Crippen LogP contribution in [0.5, 0.6) is 0 Å². The molecule has 106 valence electrons. The van der Waals surface area contributed by atoms with Gasteiger partial charge in [-0.2, -0.15) is 0 Å². The first-order valence-electron chi connectivity index (χ1n) is 6.66. The Labute approximate surface area is 115 Å². The van der Waals surface area contributed by atoms with Gasteiger partial charge in [-0.05, 0) is 30.5 Å². The van der Waals surface area contributed by atoms with Gasteiger partial charge in [-0.15, -0.1) is 0 Å². The van der Waals surface area contributed by atoms with Crippen molar-refractivity contribution >= 4 is 11.6 Å². The summed E-state index contributed by atoms with van der Waals surface area (Å²) in [7, 11) is 1.88. The predicted octanol–water partition coefficient (Wildman–Crippen LogP) is 1.95. The Balaban J connectivity index is 2.53. The largest absolute Gasteiger partial charge is 0.389 e. The molecule has 1 rings (SSSR count). The summed E-state index contributed by atoms with van der Waals surface area (Å²) in [6.45, 7) is 6.91. The van der Waals surface area contributed by atoms with Crippen molar-refractivity contribution in [2.75, 3.05) is 25.0 Å². The third kappa shape index (κ3) is 5.30. The lowest BCUT2D eigenvalue weighted by Gasteiger charge is -2.19. The minimum absolute atomic E-state index is 0.0239. The second-order valence-electron chi connectivity index (χ2n) is 5.32. The number of amides is 1. The van der Waals surface area contributed by atoms with Gasteiger partial charge >= 0.3 is 0 Å². The van der Waals surface area contributed by atoms with Crippen molar-refractivity contribution in [3.8, 4) is 0 Å². The second-order valence-corrected chi connectivity index (χ2v) is 5.32. The number of anilines is 1. The SMILES string of the molecule is CC(C)CNC(=O)CN(C)c1ccc([C@H](C)O)cc1. The minimum Gasteiger partial charge on any atom is -0.389 e. The highest BCUT2D eigenvalue weighted by molar-refractivity contribution is 5.81. The summed E-state index contributed by atoms with van der Waals surface area (Å²) < 4.78 is 0. The molecule has 1 atom stereocenters. The van der Waals surface area contributed by atoms with Crippen molar-refractivity contribution in [2.45, 2.75) is 26.9 Å². The number of nitrogens with zero attached hydrogens (tertiary/aromatic N) is 1. The summed E-state index contributed by atoms with van der Waals surface area (Å²) in [5.74, 6) is 0.482. The maximum atomic E-state index is 11.7. The van der Waals surface area contributed by atoms with Crippen LogP contribution >= 0.6 is 0 Å². The summed E-state index contributed by atoms with van der Waals surface area (Å²) in [5, 5.41) is 12.3. The van der Waals surface area contributed by atoms with Crippen LogP contribution in [-0.2, 0) is 4.79 Å². The van der Waals surface area contributed by atoms with Crippen LogP contribution < -0.4 is 10.2 Å². The lowest BCUT2D eigenvalue weighted by molar-refractivity contribution is -0.119. The van der Waals surface area contributed by atoms with Crippen LogP contribution in [0.15, 0.2) is 24.3 Å². The molecule has 2 N–H and O–H groups in total. The van der Waals surface area contributed by atoms with Crippen LogP contribution in [0.4, 0.5) is 5.69 Å². The number of hydrogen-bond acceptors (Lipinski definition) is 3. The van der Waals surface area contributed by atoms with Crippen LogP contribution in [0, 0.1) is 5.92 Å². The van der Waals surface area contributed by atoms with Crippen LogP contribution in [0.2, 0.25) is 0 Å². The number of nitrogens with one attached hydrogen (secondary N) is 1. The van der Waals surface area contributed by atoms with E-state index in [0.717, 1.165) is 11.3 Å². The van der Waals surface area contributed by atoms with Crippen LogP contribution in [0.1, 0.15) is 32.4 Å². The number of rotatable bonds is 6. The van der Waals surface area contributed by atoms with Gasteiger partial charge in [0, 0.05) is 19.3 Å². The zero-order valence-corrected chi connectivity index (χ0v) is 12.2. The molecule has 0 heterocycles. The normalized spacial score (nSPS) is 12.3. The van der Waals surface area contributed by atoms with Gasteiger partial charge in [0.1, 0.15) is 0 Å². The molecule has 0 saturated carbocycles. The standard InChI is InChI=1S/C15H24N2O2/c1-11(2)9-16-15(19)10-17(4)14-7-5-13(6-8-14)12(3)18/h5-8,11-12,18H,9-10H2,1-4H3,(H,16,19)/t12-/m0/s1. The molecule has 0 aliphatic carbocycles. The van der Waals surface area contributed by atoms with Crippen LogP contribution in [-0.4, -0.2) is 31.2 Å². The zero-order valence-electron chi connectivity index (χ0n) is 12.2. The first-order valence-corrected chi connectivity index (χ1v) is 6.66. The van der Waals surface area contributed by atoms with Gasteiger partial charge in [0.25, 0.3) is 0 Å². The van der Waals surface area contributed by atoms with Gasteiger partial charge in [0.05, 0.1) is 12.6 Å². The topological polar surface area (TPSA) is 52.6 Å². The van der Waals surface area contributed by atoms with Crippen molar-refractivity contribution in [2.24, 2.45) is 5.92 Å². The Hall–Kier alpha value is -1.55. The summed E-state index contributed by atoms with van der Waals surface area (Å²) in [6.07, 6.45) is -0.464. The molecule has 1 aromatic carbocycles. The minimum atomic E-state index is -0.464. The molecule has 0 saturated heterocycles. The highest BCUT2D eigenvalue weighted by atomic mass is 16.3. The summed E-state index contributed by atoms with van der Waals surface area (Å²) in [5.41, 5.74) is 1.84. The maximum absolute atomic E-state index is 11.7. The first kappa shape index (κ1) is 15.5. The van der Waals surface area contributed by atoms with Gasteiger partial charge in [-0.25, -0.2) is 0 Å². The molecular formula is C15H24N2O2. The Bertz CT molecular complexity index is 399. The van der Waals surface area contributed by atoms with Gasteiger partial charge in [-0.3, -0.25) is 4.79 Å². The van der Waals surface area contributed by atoms with Gasteiger partial charge in [0.15, 0.2) is 0 Å². The molecule has 1 aromatic rings. The van der Waals surface area contributed by atoms with Gasteiger partial charge < -0.3 is 15.3 Å². The fourth-order valence-corrected chi connectivity index (χ4v) is 1.69. The van der Waals surface area contributed by atoms with Gasteiger partial charge in [0.2, 0.25) is 5.91 Å². The van der Waals surface area contributed by atoms with Crippen LogP contribution in [0.3, 0.4) is 0 Å². The number of likely N-dealkylation sites (N-methyl/N-ethyl adjacent to an activating group) is 1. The molecule has 4 nitrogen and oxygen atoms in total. The Morgan fingerprint density at radius 1 is 1.26 bits per heavy atom. The Kier molecular flexibility index (Phi) is 5.83. The van der Waals surface area contributed by atoms with E-state index in [9.17, 15) is 9.90 Å².